The molecule has 2 aromatic rings. The maximum absolute atomic E-state index is 6.26. The second kappa shape index (κ2) is 13.3. The van der Waals surface area contributed by atoms with E-state index in [4.69, 9.17) is 4.52 Å². The summed E-state index contributed by atoms with van der Waals surface area (Å²) >= 11 is 0. The lowest BCUT2D eigenvalue weighted by Gasteiger charge is -2.55. The molecule has 37 heavy (non-hydrogen) atoms. The second-order valence-electron chi connectivity index (χ2n) is 11.9. The zero-order chi connectivity index (χ0) is 26.4. The number of hydrogen-bond acceptors (Lipinski definition) is 2. The average molecular weight is 542 g/mol. The van der Waals surface area contributed by atoms with Crippen LogP contribution in [0.4, 0.5) is 0 Å². The van der Waals surface area contributed by atoms with Crippen molar-refractivity contribution in [2.45, 2.75) is 41.5 Å². The first-order valence-electron chi connectivity index (χ1n) is 14.3. The third-order valence-corrected chi connectivity index (χ3v) is 13.7. The summed E-state index contributed by atoms with van der Waals surface area (Å²) in [7, 11) is -3.03. The summed E-state index contributed by atoms with van der Waals surface area (Å²) in [4.78, 5) is 2.71. The van der Waals surface area contributed by atoms with E-state index in [1.54, 1.807) is 0 Å². The summed E-state index contributed by atoms with van der Waals surface area (Å²) in [5, 5.41) is 2.73. The van der Waals surface area contributed by atoms with E-state index in [2.05, 4.69) is 121 Å². The molecule has 0 aromatic heterocycles. The molecule has 3 saturated heterocycles. The Morgan fingerprint density at radius 3 is 1.27 bits per heavy atom. The van der Waals surface area contributed by atoms with Crippen LogP contribution in [0.3, 0.4) is 0 Å². The van der Waals surface area contributed by atoms with E-state index in [9.17, 15) is 0 Å². The molecule has 3 heterocycles. The first kappa shape index (κ1) is 28.9. The van der Waals surface area contributed by atoms with E-state index in [1.807, 2.05) is 0 Å². The van der Waals surface area contributed by atoms with Gasteiger partial charge in [0.2, 0.25) is 0 Å². The lowest BCUT2D eigenvalue weighted by atomic mass is 10.2. The maximum Gasteiger partial charge on any atom is 0.172 e. The minimum atomic E-state index is -2.18. The number of benzene rings is 2. The summed E-state index contributed by atoms with van der Waals surface area (Å²) in [5.74, 6) is 1.80. The van der Waals surface area contributed by atoms with Gasteiger partial charge >= 0.3 is 0 Å². The van der Waals surface area contributed by atoms with Crippen molar-refractivity contribution in [3.05, 3.63) is 60.7 Å². The minimum absolute atomic E-state index is 0.600. The number of fused-ring (bicyclic) bond motifs is 6. The predicted molar refractivity (Wildman–Crippen MR) is 164 cm³/mol. The molecule has 3 fully saturated rings. The molecule has 0 radical (unpaired) electrons. The standard InChI is InChI=1S/C30H49N5P2/c1-26(2)23-33-20-17-32-18-21-34(24-27(3)4)37(33,35(22-19-32)25-28(5)6)31-36(29-13-9-7-10-14-29)30-15-11-8-12-16-30/h7-16,26-28H,17-25H2,1-6H3. The van der Waals surface area contributed by atoms with Crippen molar-refractivity contribution < 1.29 is 0 Å². The highest BCUT2D eigenvalue weighted by atomic mass is 31.2. The van der Waals surface area contributed by atoms with Gasteiger partial charge in [-0.2, -0.15) is 0 Å². The highest BCUT2D eigenvalue weighted by molar-refractivity contribution is 7.78. The quantitative estimate of drug-likeness (QED) is 0.354. The average Bonchev–Trinajstić information content (AvgIpc) is 2.85. The number of rotatable bonds is 9. The van der Waals surface area contributed by atoms with Crippen LogP contribution in [-0.4, -0.2) is 77.8 Å². The summed E-state index contributed by atoms with van der Waals surface area (Å²) < 4.78 is 14.9. The van der Waals surface area contributed by atoms with Gasteiger partial charge in [-0.1, -0.05) is 102 Å². The SMILES string of the molecule is CC(C)CN1CCN2CCN(CC(C)C)P1(=NP(c1ccccc1)c1ccccc1)N(CC(C)C)CC2. The fourth-order valence-electron chi connectivity index (χ4n) is 5.59. The molecule has 7 heteroatoms. The van der Waals surface area contributed by atoms with Crippen LogP contribution < -0.4 is 10.6 Å². The lowest BCUT2D eigenvalue weighted by Crippen LogP contribution is -2.55. The molecule has 2 aromatic carbocycles. The van der Waals surface area contributed by atoms with E-state index in [-0.39, 0.29) is 0 Å². The third-order valence-electron chi connectivity index (χ3n) is 7.10. The molecular formula is C30H49N5P2. The molecule has 2 bridgehead atoms. The second-order valence-corrected chi connectivity index (χ2v) is 17.0. The van der Waals surface area contributed by atoms with E-state index in [0.29, 0.717) is 17.8 Å². The van der Waals surface area contributed by atoms with E-state index >= 15 is 0 Å². The zero-order valence-electron chi connectivity index (χ0n) is 24.0. The topological polar surface area (TPSA) is 25.3 Å². The molecule has 0 saturated carbocycles. The summed E-state index contributed by atoms with van der Waals surface area (Å²) in [6, 6.07) is 22.3. The number of hydrogen-bond donors (Lipinski definition) is 0. The van der Waals surface area contributed by atoms with Gasteiger partial charge < -0.3 is 0 Å². The van der Waals surface area contributed by atoms with Crippen LogP contribution in [0.15, 0.2) is 65.2 Å². The molecule has 3 aliphatic rings. The van der Waals surface area contributed by atoms with Crippen LogP contribution in [0.25, 0.3) is 0 Å². The normalized spacial score (nSPS) is 24.1. The van der Waals surface area contributed by atoms with Crippen LogP contribution in [0, 0.1) is 17.8 Å². The van der Waals surface area contributed by atoms with Crippen molar-refractivity contribution in [3.8, 4) is 0 Å². The Morgan fingerprint density at radius 2 is 0.946 bits per heavy atom. The molecule has 204 valence electrons. The van der Waals surface area contributed by atoms with Gasteiger partial charge in [0.25, 0.3) is 0 Å². The van der Waals surface area contributed by atoms with Crippen molar-refractivity contribution in [2.24, 2.45) is 22.3 Å². The van der Waals surface area contributed by atoms with Gasteiger partial charge in [-0.15, -0.1) is 0 Å². The first-order valence-corrected chi connectivity index (χ1v) is 17.2. The van der Waals surface area contributed by atoms with Crippen LogP contribution in [0.5, 0.6) is 0 Å². The molecule has 0 N–H and O–H groups in total. The van der Waals surface area contributed by atoms with Crippen molar-refractivity contribution in [3.63, 3.8) is 0 Å². The van der Waals surface area contributed by atoms with Gasteiger partial charge in [0, 0.05) is 69.5 Å². The molecule has 0 aliphatic carbocycles. The van der Waals surface area contributed by atoms with Crippen molar-refractivity contribution in [2.75, 3.05) is 58.9 Å². The Balaban J connectivity index is 2.02. The highest BCUT2D eigenvalue weighted by Gasteiger charge is 2.44. The smallest absolute Gasteiger partial charge is 0.172 e. The van der Waals surface area contributed by atoms with E-state index in [1.165, 1.54) is 10.6 Å². The number of nitrogens with zero attached hydrogens (tertiary/aromatic N) is 5. The van der Waals surface area contributed by atoms with E-state index in [0.717, 1.165) is 58.9 Å². The highest BCUT2D eigenvalue weighted by Crippen LogP contribution is 2.65. The Bertz CT molecular complexity index is 910. The van der Waals surface area contributed by atoms with E-state index < -0.39 is 15.6 Å². The lowest BCUT2D eigenvalue weighted by molar-refractivity contribution is 0.148. The van der Waals surface area contributed by atoms with Crippen LogP contribution in [-0.2, 0) is 0 Å². The van der Waals surface area contributed by atoms with Gasteiger partial charge in [0.15, 0.2) is 7.51 Å². The Morgan fingerprint density at radius 1 is 0.595 bits per heavy atom. The van der Waals surface area contributed by atoms with Crippen LogP contribution in [0.1, 0.15) is 41.5 Å². The van der Waals surface area contributed by atoms with Crippen LogP contribution in [0.2, 0.25) is 0 Å². The fraction of sp³-hybridized carbons (Fsp3) is 0.600. The molecule has 3 aliphatic heterocycles. The zero-order valence-corrected chi connectivity index (χ0v) is 25.8. The summed E-state index contributed by atoms with van der Waals surface area (Å²) in [6.45, 7) is 24.4. The molecule has 5 rings (SSSR count). The van der Waals surface area contributed by atoms with Crippen LogP contribution >= 0.6 is 15.6 Å². The molecule has 0 unspecified atom stereocenters. The van der Waals surface area contributed by atoms with Gasteiger partial charge in [-0.05, 0) is 17.8 Å². The van der Waals surface area contributed by atoms with Crippen molar-refractivity contribution in [1.29, 1.82) is 0 Å². The summed E-state index contributed by atoms with van der Waals surface area (Å²) in [6.07, 6.45) is 0. The molecule has 0 atom stereocenters. The molecule has 5 nitrogen and oxygen atoms in total. The van der Waals surface area contributed by atoms with Gasteiger partial charge in [0.05, 0.1) is 8.07 Å². The predicted octanol–water partition coefficient (Wildman–Crippen LogP) is 6.18. The third kappa shape index (κ3) is 7.13. The maximum atomic E-state index is 6.26. The fourth-order valence-corrected chi connectivity index (χ4v) is 13.7. The Labute approximate surface area is 228 Å². The summed E-state index contributed by atoms with van der Waals surface area (Å²) in [5.41, 5.74) is 0. The van der Waals surface area contributed by atoms with Crippen molar-refractivity contribution >= 4 is 26.2 Å². The van der Waals surface area contributed by atoms with Crippen molar-refractivity contribution in [1.82, 2.24) is 18.9 Å². The monoisotopic (exact) mass is 541 g/mol. The first-order chi connectivity index (χ1) is 17.8. The molecule has 0 amide bonds. The molecular weight excluding hydrogens is 492 g/mol. The minimum Gasteiger partial charge on any atom is -0.299 e. The Hall–Kier alpha value is -1.06. The van der Waals surface area contributed by atoms with Gasteiger partial charge in [-0.25, -0.2) is 18.5 Å². The molecule has 0 spiro atoms. The Kier molecular flexibility index (Phi) is 10.4. The van der Waals surface area contributed by atoms with Gasteiger partial charge in [-0.3, -0.25) is 4.90 Å². The largest absolute Gasteiger partial charge is 0.299 e. The van der Waals surface area contributed by atoms with Gasteiger partial charge in [0.1, 0.15) is 0 Å².